The Labute approximate surface area is 169 Å². The Morgan fingerprint density at radius 1 is 1.15 bits per heavy atom. The van der Waals surface area contributed by atoms with E-state index in [2.05, 4.69) is 21.2 Å². The van der Waals surface area contributed by atoms with Crippen molar-refractivity contribution in [1.29, 1.82) is 0 Å². The Kier molecular flexibility index (Phi) is 6.03. The van der Waals surface area contributed by atoms with E-state index in [4.69, 9.17) is 0 Å². The van der Waals surface area contributed by atoms with Gasteiger partial charge in [-0.3, -0.25) is 4.79 Å². The first kappa shape index (κ1) is 20.0. The summed E-state index contributed by atoms with van der Waals surface area (Å²) in [6, 6.07) is 12.5. The number of carbonyl (C=O) groups excluding carboxylic acids is 1. The van der Waals surface area contributed by atoms with Crippen molar-refractivity contribution < 1.29 is 13.2 Å². The van der Waals surface area contributed by atoms with E-state index in [-0.39, 0.29) is 23.3 Å². The van der Waals surface area contributed by atoms with Gasteiger partial charge in [0.25, 0.3) is 0 Å². The molecular formula is C20H23BrN2O3S. The number of nitrogens with one attached hydrogen (secondary N) is 1. The lowest BCUT2D eigenvalue weighted by molar-refractivity contribution is -0.120. The summed E-state index contributed by atoms with van der Waals surface area (Å²) in [5.41, 5.74) is 2.84. The molecule has 27 heavy (non-hydrogen) atoms. The largest absolute Gasteiger partial charge is 0.326 e. The van der Waals surface area contributed by atoms with Gasteiger partial charge in [0, 0.05) is 23.2 Å². The molecule has 0 bridgehead atoms. The Bertz CT molecular complexity index is 942. The number of nitrogens with zero attached hydrogens (tertiary/aromatic N) is 1. The van der Waals surface area contributed by atoms with Crippen LogP contribution in [0.1, 0.15) is 24.0 Å². The van der Waals surface area contributed by atoms with E-state index in [9.17, 15) is 13.2 Å². The average Bonchev–Trinajstić information content (AvgIpc) is 2.65. The zero-order chi connectivity index (χ0) is 19.6. The van der Waals surface area contributed by atoms with Crippen LogP contribution in [0.25, 0.3) is 0 Å². The smallest absolute Gasteiger partial charge is 0.243 e. The van der Waals surface area contributed by atoms with E-state index in [1.807, 2.05) is 32.0 Å². The standard InChI is InChI=1S/C20H23BrN2O3S/c1-14-5-6-15(2)19(12-14)22-20(24)16-4-3-11-23(13-16)27(25,26)18-9-7-17(21)8-10-18/h5-10,12,16H,3-4,11,13H2,1-2H3,(H,22,24)/t16-/m1/s1. The number of sulfonamides is 1. The van der Waals surface area contributed by atoms with Crippen molar-refractivity contribution >= 4 is 37.5 Å². The molecule has 1 atom stereocenters. The molecule has 2 aromatic carbocycles. The van der Waals surface area contributed by atoms with Crippen LogP contribution >= 0.6 is 15.9 Å². The summed E-state index contributed by atoms with van der Waals surface area (Å²) in [6.07, 6.45) is 1.35. The maximum Gasteiger partial charge on any atom is 0.243 e. The van der Waals surface area contributed by atoms with Crippen LogP contribution in [0, 0.1) is 19.8 Å². The number of benzene rings is 2. The molecule has 1 aliphatic rings. The predicted octanol–water partition coefficient (Wildman–Crippen LogP) is 4.11. The lowest BCUT2D eigenvalue weighted by atomic mass is 9.98. The Morgan fingerprint density at radius 2 is 1.85 bits per heavy atom. The van der Waals surface area contributed by atoms with Crippen LogP contribution in [0.15, 0.2) is 51.8 Å². The highest BCUT2D eigenvalue weighted by Gasteiger charge is 2.33. The predicted molar refractivity (Wildman–Crippen MR) is 110 cm³/mol. The van der Waals surface area contributed by atoms with Crippen LogP contribution in [0.3, 0.4) is 0 Å². The molecule has 3 rings (SSSR count). The monoisotopic (exact) mass is 450 g/mol. The maximum absolute atomic E-state index is 12.9. The van der Waals surface area contributed by atoms with Crippen LogP contribution in [0.2, 0.25) is 0 Å². The van der Waals surface area contributed by atoms with E-state index in [0.717, 1.165) is 21.3 Å². The van der Waals surface area contributed by atoms with Gasteiger partial charge in [-0.15, -0.1) is 0 Å². The summed E-state index contributed by atoms with van der Waals surface area (Å²) in [6.45, 7) is 4.56. The molecule has 1 heterocycles. The zero-order valence-electron chi connectivity index (χ0n) is 15.4. The number of rotatable bonds is 4. The normalized spacial score (nSPS) is 18.3. The van der Waals surface area contributed by atoms with Crippen LogP contribution in [0.5, 0.6) is 0 Å². The third-order valence-corrected chi connectivity index (χ3v) is 7.27. The number of halogens is 1. The second-order valence-corrected chi connectivity index (χ2v) is 9.82. The highest BCUT2D eigenvalue weighted by atomic mass is 79.9. The van der Waals surface area contributed by atoms with E-state index in [1.165, 1.54) is 4.31 Å². The molecule has 0 aliphatic carbocycles. The molecule has 5 nitrogen and oxygen atoms in total. The molecule has 0 aromatic heterocycles. The van der Waals surface area contributed by atoms with Gasteiger partial charge in [-0.2, -0.15) is 4.31 Å². The van der Waals surface area contributed by atoms with Crippen molar-refractivity contribution in [3.63, 3.8) is 0 Å². The molecule has 144 valence electrons. The van der Waals surface area contributed by atoms with Gasteiger partial charge in [-0.1, -0.05) is 28.1 Å². The molecule has 0 saturated carbocycles. The average molecular weight is 451 g/mol. The highest BCUT2D eigenvalue weighted by Crippen LogP contribution is 2.26. The minimum absolute atomic E-state index is 0.126. The Hall–Kier alpha value is -1.70. The molecule has 2 aromatic rings. The minimum Gasteiger partial charge on any atom is -0.326 e. The Morgan fingerprint density at radius 3 is 2.56 bits per heavy atom. The van der Waals surface area contributed by atoms with Gasteiger partial charge in [0.15, 0.2) is 0 Å². The second kappa shape index (κ2) is 8.12. The molecule has 1 saturated heterocycles. The van der Waals surface area contributed by atoms with Gasteiger partial charge >= 0.3 is 0 Å². The fourth-order valence-electron chi connectivity index (χ4n) is 3.24. The van der Waals surface area contributed by atoms with Crippen molar-refractivity contribution in [2.24, 2.45) is 5.92 Å². The van der Waals surface area contributed by atoms with E-state index < -0.39 is 10.0 Å². The SMILES string of the molecule is Cc1ccc(C)c(NC(=O)[C@@H]2CCCN(S(=O)(=O)c3ccc(Br)cc3)C2)c1. The first-order valence-corrected chi connectivity index (χ1v) is 11.1. The van der Waals surface area contributed by atoms with Crippen molar-refractivity contribution in [3.8, 4) is 0 Å². The summed E-state index contributed by atoms with van der Waals surface area (Å²) >= 11 is 3.32. The number of piperidine rings is 1. The van der Waals surface area contributed by atoms with Gasteiger partial charge < -0.3 is 5.32 Å². The summed E-state index contributed by atoms with van der Waals surface area (Å²) in [4.78, 5) is 13.0. The molecule has 7 heteroatoms. The highest BCUT2D eigenvalue weighted by molar-refractivity contribution is 9.10. The Balaban J connectivity index is 1.74. The van der Waals surface area contributed by atoms with Crippen molar-refractivity contribution in [2.75, 3.05) is 18.4 Å². The molecule has 1 amide bonds. The third-order valence-electron chi connectivity index (χ3n) is 4.86. The molecular weight excluding hydrogens is 428 g/mol. The number of hydrogen-bond acceptors (Lipinski definition) is 3. The quantitative estimate of drug-likeness (QED) is 0.761. The topological polar surface area (TPSA) is 66.5 Å². The maximum atomic E-state index is 12.9. The number of aryl methyl sites for hydroxylation is 2. The van der Waals surface area contributed by atoms with Crippen LogP contribution in [-0.2, 0) is 14.8 Å². The number of amides is 1. The lowest BCUT2D eigenvalue weighted by Crippen LogP contribution is -2.43. The molecule has 1 N–H and O–H groups in total. The molecule has 1 aliphatic heterocycles. The van der Waals surface area contributed by atoms with Gasteiger partial charge in [-0.25, -0.2) is 8.42 Å². The lowest BCUT2D eigenvalue weighted by Gasteiger charge is -2.31. The van der Waals surface area contributed by atoms with Crippen molar-refractivity contribution in [2.45, 2.75) is 31.6 Å². The van der Waals surface area contributed by atoms with E-state index in [0.29, 0.717) is 19.4 Å². The van der Waals surface area contributed by atoms with Gasteiger partial charge in [0.1, 0.15) is 0 Å². The fourth-order valence-corrected chi connectivity index (χ4v) is 5.02. The van der Waals surface area contributed by atoms with E-state index in [1.54, 1.807) is 24.3 Å². The number of anilines is 1. The van der Waals surface area contributed by atoms with Crippen LogP contribution in [0.4, 0.5) is 5.69 Å². The van der Waals surface area contributed by atoms with Gasteiger partial charge in [-0.05, 0) is 68.1 Å². The fraction of sp³-hybridized carbons (Fsp3) is 0.350. The van der Waals surface area contributed by atoms with Crippen molar-refractivity contribution in [1.82, 2.24) is 4.31 Å². The van der Waals surface area contributed by atoms with Gasteiger partial charge in [0.05, 0.1) is 10.8 Å². The molecule has 1 fully saturated rings. The summed E-state index contributed by atoms with van der Waals surface area (Å²) in [5, 5.41) is 2.97. The summed E-state index contributed by atoms with van der Waals surface area (Å²) in [5.74, 6) is -0.483. The first-order chi connectivity index (χ1) is 12.8. The van der Waals surface area contributed by atoms with Crippen molar-refractivity contribution in [3.05, 3.63) is 58.1 Å². The number of hydrogen-bond donors (Lipinski definition) is 1. The summed E-state index contributed by atoms with van der Waals surface area (Å²) in [7, 11) is -3.60. The molecule has 0 spiro atoms. The molecule has 0 unspecified atom stereocenters. The second-order valence-electron chi connectivity index (χ2n) is 6.96. The summed E-state index contributed by atoms with van der Waals surface area (Å²) < 4.78 is 28.1. The number of carbonyl (C=O) groups is 1. The molecule has 0 radical (unpaired) electrons. The first-order valence-electron chi connectivity index (χ1n) is 8.91. The van der Waals surface area contributed by atoms with Crippen LogP contribution < -0.4 is 5.32 Å². The van der Waals surface area contributed by atoms with Crippen LogP contribution in [-0.4, -0.2) is 31.7 Å². The van der Waals surface area contributed by atoms with Gasteiger partial charge in [0.2, 0.25) is 15.9 Å². The third kappa shape index (κ3) is 4.59. The van der Waals surface area contributed by atoms with E-state index >= 15 is 0 Å². The zero-order valence-corrected chi connectivity index (χ0v) is 17.8. The minimum atomic E-state index is -3.60.